The predicted molar refractivity (Wildman–Crippen MR) is 61.4 cm³/mol. The number of carbonyl (C=O) groups excluding carboxylic acids is 1. The number of amides is 1. The van der Waals surface area contributed by atoms with Crippen molar-refractivity contribution in [1.82, 2.24) is 20.8 Å². The summed E-state index contributed by atoms with van der Waals surface area (Å²) in [5.74, 6) is 0.450. The number of hydrogen-bond donors (Lipinski definition) is 3. The van der Waals surface area contributed by atoms with E-state index in [1.54, 1.807) is 0 Å². The van der Waals surface area contributed by atoms with Crippen LogP contribution in [-0.4, -0.2) is 35.7 Å². The van der Waals surface area contributed by atoms with E-state index in [0.29, 0.717) is 11.9 Å². The molecular formula is C10H17N5O2. The van der Waals surface area contributed by atoms with Crippen LogP contribution in [0.25, 0.3) is 0 Å². The molecule has 0 radical (unpaired) electrons. The summed E-state index contributed by atoms with van der Waals surface area (Å²) in [6.45, 7) is 2.07. The first kappa shape index (κ1) is 11.8. The van der Waals surface area contributed by atoms with Gasteiger partial charge in [0.15, 0.2) is 0 Å². The van der Waals surface area contributed by atoms with Crippen molar-refractivity contribution >= 4 is 11.9 Å². The van der Waals surface area contributed by atoms with Crippen LogP contribution >= 0.6 is 0 Å². The molecule has 1 aromatic heterocycles. The van der Waals surface area contributed by atoms with Crippen molar-refractivity contribution in [2.75, 3.05) is 18.9 Å². The van der Waals surface area contributed by atoms with Gasteiger partial charge >= 0.3 is 6.01 Å². The first-order valence-corrected chi connectivity index (χ1v) is 5.73. The summed E-state index contributed by atoms with van der Waals surface area (Å²) in [6, 6.07) is 0.637. The highest BCUT2D eigenvalue weighted by atomic mass is 16.4. The summed E-state index contributed by atoms with van der Waals surface area (Å²) in [7, 11) is 1.81. The predicted octanol–water partition coefficient (Wildman–Crippen LogP) is 0.0405. The summed E-state index contributed by atoms with van der Waals surface area (Å²) >= 11 is 0. The summed E-state index contributed by atoms with van der Waals surface area (Å²) in [5, 5.41) is 16.3. The second-order valence-electron chi connectivity index (χ2n) is 4.15. The molecule has 7 nitrogen and oxygen atoms in total. The van der Waals surface area contributed by atoms with Crippen LogP contribution in [0.5, 0.6) is 0 Å². The lowest BCUT2D eigenvalue weighted by molar-refractivity contribution is -0.119. The zero-order chi connectivity index (χ0) is 12.3. The lowest BCUT2D eigenvalue weighted by Gasteiger charge is -2.04. The topological polar surface area (TPSA) is 92.1 Å². The summed E-state index contributed by atoms with van der Waals surface area (Å²) in [5.41, 5.74) is 0. The number of hydrogen-bond acceptors (Lipinski definition) is 6. The van der Waals surface area contributed by atoms with Gasteiger partial charge in [0.25, 0.3) is 0 Å². The Morgan fingerprint density at radius 1 is 1.53 bits per heavy atom. The second-order valence-corrected chi connectivity index (χ2v) is 4.15. The molecule has 1 saturated carbocycles. The quantitative estimate of drug-likeness (QED) is 0.649. The molecular weight excluding hydrogens is 222 g/mol. The van der Waals surface area contributed by atoms with Crippen LogP contribution < -0.4 is 16.0 Å². The van der Waals surface area contributed by atoms with E-state index in [1.165, 1.54) is 0 Å². The Kier molecular flexibility index (Phi) is 3.58. The highest BCUT2D eigenvalue weighted by Gasteiger charge is 2.23. The van der Waals surface area contributed by atoms with Crippen molar-refractivity contribution in [3.8, 4) is 0 Å². The van der Waals surface area contributed by atoms with Gasteiger partial charge in [-0.2, -0.15) is 0 Å². The van der Waals surface area contributed by atoms with Gasteiger partial charge in [0.1, 0.15) is 0 Å². The van der Waals surface area contributed by atoms with Gasteiger partial charge in [-0.15, -0.1) is 5.10 Å². The van der Waals surface area contributed by atoms with Crippen molar-refractivity contribution in [1.29, 1.82) is 0 Å². The van der Waals surface area contributed by atoms with E-state index in [0.717, 1.165) is 12.8 Å². The van der Waals surface area contributed by atoms with Gasteiger partial charge in [-0.25, -0.2) is 0 Å². The molecule has 1 aliphatic rings. The maximum Gasteiger partial charge on any atom is 0.315 e. The normalized spacial score (nSPS) is 16.6. The molecule has 2 rings (SSSR count). The first-order valence-electron chi connectivity index (χ1n) is 5.73. The van der Waals surface area contributed by atoms with Gasteiger partial charge < -0.3 is 20.4 Å². The van der Waals surface area contributed by atoms with E-state index < -0.39 is 0 Å². The number of carbonyl (C=O) groups is 1. The Balaban J connectivity index is 1.77. The molecule has 1 amide bonds. The highest BCUT2D eigenvalue weighted by Crippen LogP contribution is 2.18. The van der Waals surface area contributed by atoms with Crippen LogP contribution in [0.2, 0.25) is 0 Å². The standard InChI is InChI=1S/C10H17N5O2/c1-6(11-2)9-14-15-10(17-9)12-5-8(16)13-7-3-4-7/h6-7,11H,3-5H2,1-2H3,(H,12,15)(H,13,16). The van der Waals surface area contributed by atoms with Crippen LogP contribution in [-0.2, 0) is 4.79 Å². The molecule has 0 aromatic carbocycles. The maximum absolute atomic E-state index is 11.4. The zero-order valence-electron chi connectivity index (χ0n) is 9.99. The monoisotopic (exact) mass is 239 g/mol. The Bertz CT molecular complexity index is 388. The van der Waals surface area contributed by atoms with Crippen molar-refractivity contribution in [2.45, 2.75) is 31.8 Å². The molecule has 0 spiro atoms. The smallest absolute Gasteiger partial charge is 0.315 e. The minimum atomic E-state index is -0.0473. The van der Waals surface area contributed by atoms with Crippen LogP contribution in [0.3, 0.4) is 0 Å². The number of aromatic nitrogens is 2. The first-order chi connectivity index (χ1) is 8.19. The Morgan fingerprint density at radius 3 is 2.94 bits per heavy atom. The molecule has 1 heterocycles. The van der Waals surface area contributed by atoms with E-state index in [9.17, 15) is 4.79 Å². The van der Waals surface area contributed by atoms with Crippen LogP contribution in [0.15, 0.2) is 4.42 Å². The van der Waals surface area contributed by atoms with Crippen molar-refractivity contribution in [2.24, 2.45) is 0 Å². The van der Waals surface area contributed by atoms with Crippen molar-refractivity contribution < 1.29 is 9.21 Å². The van der Waals surface area contributed by atoms with Gasteiger partial charge in [0, 0.05) is 6.04 Å². The SMILES string of the molecule is CNC(C)c1nnc(NCC(=O)NC2CC2)o1. The number of anilines is 1. The average Bonchev–Trinajstić information content (AvgIpc) is 3.00. The molecule has 0 aliphatic heterocycles. The van der Waals surface area contributed by atoms with Crippen LogP contribution in [0.4, 0.5) is 6.01 Å². The number of nitrogens with zero attached hydrogens (tertiary/aromatic N) is 2. The Labute approximate surface area is 99.4 Å². The number of rotatable bonds is 6. The summed E-state index contributed by atoms with van der Waals surface area (Å²) in [4.78, 5) is 11.4. The third-order valence-corrected chi connectivity index (χ3v) is 2.59. The average molecular weight is 239 g/mol. The molecule has 1 aliphatic carbocycles. The fourth-order valence-electron chi connectivity index (χ4n) is 1.27. The molecule has 3 N–H and O–H groups in total. The lowest BCUT2D eigenvalue weighted by atomic mass is 10.3. The molecule has 1 aromatic rings. The maximum atomic E-state index is 11.4. The summed E-state index contributed by atoms with van der Waals surface area (Å²) in [6.07, 6.45) is 2.16. The molecule has 0 bridgehead atoms. The van der Waals surface area contributed by atoms with E-state index in [4.69, 9.17) is 4.42 Å². The highest BCUT2D eigenvalue weighted by molar-refractivity contribution is 5.80. The molecule has 1 fully saturated rings. The van der Waals surface area contributed by atoms with Crippen molar-refractivity contribution in [3.05, 3.63) is 5.89 Å². The summed E-state index contributed by atoms with van der Waals surface area (Å²) < 4.78 is 5.33. The third-order valence-electron chi connectivity index (χ3n) is 2.59. The lowest BCUT2D eigenvalue weighted by Crippen LogP contribution is -2.31. The van der Waals surface area contributed by atoms with Crippen LogP contribution in [0.1, 0.15) is 31.7 Å². The van der Waals surface area contributed by atoms with Crippen LogP contribution in [0, 0.1) is 0 Å². The second kappa shape index (κ2) is 5.13. The molecule has 94 valence electrons. The molecule has 7 heteroatoms. The fraction of sp³-hybridized carbons (Fsp3) is 0.700. The molecule has 1 unspecified atom stereocenters. The van der Waals surface area contributed by atoms with E-state index in [2.05, 4.69) is 26.1 Å². The Morgan fingerprint density at radius 2 is 2.29 bits per heavy atom. The Hall–Kier alpha value is -1.63. The fourth-order valence-corrected chi connectivity index (χ4v) is 1.27. The molecule has 17 heavy (non-hydrogen) atoms. The third kappa shape index (κ3) is 3.42. The largest absolute Gasteiger partial charge is 0.406 e. The van der Waals surface area contributed by atoms with Gasteiger partial charge in [0.2, 0.25) is 11.8 Å². The van der Waals surface area contributed by atoms with Gasteiger partial charge in [-0.3, -0.25) is 4.79 Å². The van der Waals surface area contributed by atoms with Gasteiger partial charge in [-0.1, -0.05) is 5.10 Å². The molecule has 0 saturated heterocycles. The van der Waals surface area contributed by atoms with Gasteiger partial charge in [-0.05, 0) is 26.8 Å². The minimum absolute atomic E-state index is 0.00154. The van der Waals surface area contributed by atoms with E-state index in [-0.39, 0.29) is 24.5 Å². The van der Waals surface area contributed by atoms with Gasteiger partial charge in [0.05, 0.1) is 12.6 Å². The van der Waals surface area contributed by atoms with E-state index >= 15 is 0 Å². The van der Waals surface area contributed by atoms with E-state index in [1.807, 2.05) is 14.0 Å². The zero-order valence-corrected chi connectivity index (χ0v) is 9.99. The minimum Gasteiger partial charge on any atom is -0.406 e. The molecule has 1 atom stereocenters. The van der Waals surface area contributed by atoms with Crippen molar-refractivity contribution in [3.63, 3.8) is 0 Å². The number of nitrogens with one attached hydrogen (secondary N) is 3.